The average Bonchev–Trinajstić information content (AvgIpc) is 3.99. The van der Waals surface area contributed by atoms with Crippen LogP contribution in [-0.2, 0) is 0 Å². The molecule has 0 saturated heterocycles. The van der Waals surface area contributed by atoms with Gasteiger partial charge in [-0.1, -0.05) is 99.5 Å². The summed E-state index contributed by atoms with van der Waals surface area (Å²) in [5.74, 6) is 0.856. The van der Waals surface area contributed by atoms with Crippen LogP contribution in [0.5, 0.6) is 0 Å². The van der Waals surface area contributed by atoms with Gasteiger partial charge in [-0.2, -0.15) is 11.3 Å². The Hall–Kier alpha value is -2.92. The number of aromatic nitrogens is 4. The van der Waals surface area contributed by atoms with Crippen LogP contribution in [0.15, 0.2) is 91.8 Å². The van der Waals surface area contributed by atoms with Crippen LogP contribution in [-0.4, -0.2) is 19.1 Å². The summed E-state index contributed by atoms with van der Waals surface area (Å²) in [7, 11) is 0. The first-order chi connectivity index (χ1) is 23.4. The minimum absolute atomic E-state index is 0.856. The van der Waals surface area contributed by atoms with E-state index in [0.717, 1.165) is 11.5 Å². The van der Waals surface area contributed by atoms with Gasteiger partial charge in [-0.05, 0) is 110 Å². The van der Waals surface area contributed by atoms with Crippen LogP contribution in [0.2, 0.25) is 0 Å². The van der Waals surface area contributed by atoms with Gasteiger partial charge in [-0.25, -0.2) is 8.75 Å². The van der Waals surface area contributed by atoms with Crippen LogP contribution in [0.1, 0.15) is 115 Å². The standard InChI is InChI=1S/2C5H6S.2C4H5NO.2C4H5NS.6C2H6/c1-5-2-3-6-4-5;1-5-3-2-4-6-5;1-4-2-3-6-5-4;1-4-2-3-5-6-4;1-4-2-5-6-3-4;1-4-2-3-5-6-4;6*1-2/h2*2-4H,1H3;4*2-3H,1H3;6*1-2H3. The van der Waals surface area contributed by atoms with Gasteiger partial charge in [0.15, 0.2) is 0 Å². The zero-order valence-electron chi connectivity index (χ0n) is 33.3. The highest BCUT2D eigenvalue weighted by Gasteiger charge is 1.79. The highest BCUT2D eigenvalue weighted by molar-refractivity contribution is 7.09. The molecule has 0 unspecified atom stereocenters. The van der Waals surface area contributed by atoms with E-state index in [2.05, 4.69) is 76.3 Å². The minimum Gasteiger partial charge on any atom is -0.365 e. The van der Waals surface area contributed by atoms with Crippen LogP contribution < -0.4 is 0 Å². The van der Waals surface area contributed by atoms with Crippen LogP contribution in [0.4, 0.5) is 0 Å². The summed E-state index contributed by atoms with van der Waals surface area (Å²) in [6.45, 7) is 36.0. The normalized spacial score (nSPS) is 7.38. The second-order valence-electron chi connectivity index (χ2n) is 7.11. The first-order valence-electron chi connectivity index (χ1n) is 16.8. The fourth-order valence-corrected chi connectivity index (χ4v) is 3.90. The molecule has 6 rings (SSSR count). The molecule has 0 bridgehead atoms. The second-order valence-corrected chi connectivity index (χ2v) is 10.7. The van der Waals surface area contributed by atoms with E-state index in [1.54, 1.807) is 53.5 Å². The van der Waals surface area contributed by atoms with Crippen molar-refractivity contribution >= 4 is 45.7 Å². The van der Waals surface area contributed by atoms with Crippen LogP contribution in [0, 0.1) is 41.5 Å². The van der Waals surface area contributed by atoms with E-state index >= 15 is 0 Å². The van der Waals surface area contributed by atoms with E-state index in [1.165, 1.54) is 43.9 Å². The van der Waals surface area contributed by atoms with E-state index < -0.39 is 0 Å². The summed E-state index contributed by atoms with van der Waals surface area (Å²) < 4.78 is 16.8. The van der Waals surface area contributed by atoms with Gasteiger partial charge in [-0.3, -0.25) is 0 Å². The monoisotopic (exact) mass is 740 g/mol. The summed E-state index contributed by atoms with van der Waals surface area (Å²) in [5.41, 5.74) is 3.54. The van der Waals surface area contributed by atoms with Crippen molar-refractivity contribution in [3.63, 3.8) is 0 Å². The first-order valence-corrected chi connectivity index (χ1v) is 20.3. The van der Waals surface area contributed by atoms with Crippen molar-refractivity contribution in [1.82, 2.24) is 19.1 Å². The van der Waals surface area contributed by atoms with Gasteiger partial charge in [0.1, 0.15) is 12.0 Å². The molecular formula is C38H68N4O2S4. The predicted octanol–water partition coefficient (Wildman–Crippen LogP) is 15.1. The minimum atomic E-state index is 0.856. The van der Waals surface area contributed by atoms with Crippen LogP contribution >= 0.6 is 45.7 Å². The molecule has 0 aliphatic carbocycles. The lowest BCUT2D eigenvalue weighted by atomic mass is 10.4. The van der Waals surface area contributed by atoms with Crippen molar-refractivity contribution in [3.05, 3.63) is 115 Å². The summed E-state index contributed by atoms with van der Waals surface area (Å²) in [6.07, 6.45) is 6.83. The first kappa shape index (κ1) is 57.4. The molecule has 48 heavy (non-hydrogen) atoms. The molecule has 0 N–H and O–H groups in total. The van der Waals surface area contributed by atoms with Crippen molar-refractivity contribution < 1.29 is 9.05 Å². The molecular weight excluding hydrogens is 673 g/mol. The average molecular weight is 741 g/mol. The Balaban J connectivity index is -0.000000104. The molecule has 0 aromatic carbocycles. The van der Waals surface area contributed by atoms with E-state index in [9.17, 15) is 0 Å². The maximum Gasteiger partial charge on any atom is 0.133 e. The zero-order chi connectivity index (χ0) is 38.4. The number of rotatable bonds is 0. The van der Waals surface area contributed by atoms with E-state index in [4.69, 9.17) is 0 Å². The van der Waals surface area contributed by atoms with Gasteiger partial charge in [0.05, 0.1) is 11.9 Å². The topological polar surface area (TPSA) is 77.8 Å². The molecule has 6 nitrogen and oxygen atoms in total. The Labute approximate surface area is 312 Å². The third-order valence-electron chi connectivity index (χ3n) is 3.58. The summed E-state index contributed by atoms with van der Waals surface area (Å²) >= 11 is 6.53. The van der Waals surface area contributed by atoms with E-state index in [1.807, 2.05) is 128 Å². The summed E-state index contributed by atoms with van der Waals surface area (Å²) in [6, 6.07) is 11.9. The molecule has 0 atom stereocenters. The Bertz CT molecular complexity index is 922. The smallest absolute Gasteiger partial charge is 0.133 e. The van der Waals surface area contributed by atoms with Crippen LogP contribution in [0.3, 0.4) is 0 Å². The van der Waals surface area contributed by atoms with Crippen molar-refractivity contribution in [2.75, 3.05) is 0 Å². The quantitative estimate of drug-likeness (QED) is 0.154. The zero-order valence-corrected chi connectivity index (χ0v) is 36.6. The Morgan fingerprint density at radius 2 is 1.21 bits per heavy atom. The number of thiophene rings is 2. The van der Waals surface area contributed by atoms with Gasteiger partial charge < -0.3 is 9.05 Å². The van der Waals surface area contributed by atoms with Gasteiger partial charge in [0, 0.05) is 39.7 Å². The maximum absolute atomic E-state index is 4.58. The predicted molar refractivity (Wildman–Crippen MR) is 222 cm³/mol. The lowest BCUT2D eigenvalue weighted by Crippen LogP contribution is -1.59. The maximum atomic E-state index is 4.58. The van der Waals surface area contributed by atoms with E-state index in [0.29, 0.717) is 0 Å². The molecule has 0 radical (unpaired) electrons. The van der Waals surface area contributed by atoms with E-state index in [-0.39, 0.29) is 0 Å². The third-order valence-corrected chi connectivity index (χ3v) is 6.54. The number of hydrogen-bond acceptors (Lipinski definition) is 10. The lowest BCUT2D eigenvalue weighted by molar-refractivity contribution is 0.397. The fourth-order valence-electron chi connectivity index (χ4n) is 1.78. The van der Waals surface area contributed by atoms with Gasteiger partial charge in [-0.15, -0.1) is 11.3 Å². The lowest BCUT2D eigenvalue weighted by Gasteiger charge is -1.65. The third kappa shape index (κ3) is 49.9. The number of hydrogen-bond donors (Lipinski definition) is 0. The Kier molecular flexibility index (Phi) is 64.0. The highest BCUT2D eigenvalue weighted by atomic mass is 32.1. The van der Waals surface area contributed by atoms with Crippen molar-refractivity contribution in [2.45, 2.75) is 125 Å². The fraction of sp³-hybridized carbons (Fsp3) is 0.474. The molecule has 0 aliphatic heterocycles. The van der Waals surface area contributed by atoms with Gasteiger partial charge >= 0.3 is 0 Å². The SMILES string of the molecule is CC.CC.CC.CC.CC.CC.Cc1cccs1.Cc1ccno1.Cc1ccns1.Cc1ccon1.Cc1ccsc1.Cc1cnsc1. The van der Waals surface area contributed by atoms with Gasteiger partial charge in [0.25, 0.3) is 0 Å². The second kappa shape index (κ2) is 53.6. The van der Waals surface area contributed by atoms with Crippen molar-refractivity contribution in [1.29, 1.82) is 0 Å². The summed E-state index contributed by atoms with van der Waals surface area (Å²) in [5, 5.41) is 15.3. The number of nitrogens with zero attached hydrogens (tertiary/aromatic N) is 4. The number of aryl methyl sites for hydroxylation is 6. The molecule has 6 aromatic heterocycles. The molecule has 10 heteroatoms. The molecule has 0 saturated carbocycles. The molecule has 0 fully saturated rings. The molecule has 0 amide bonds. The Morgan fingerprint density at radius 1 is 0.583 bits per heavy atom. The van der Waals surface area contributed by atoms with Crippen LogP contribution in [0.25, 0.3) is 0 Å². The Morgan fingerprint density at radius 3 is 1.33 bits per heavy atom. The van der Waals surface area contributed by atoms with Crippen molar-refractivity contribution in [2.24, 2.45) is 0 Å². The van der Waals surface area contributed by atoms with Gasteiger partial charge in [0.2, 0.25) is 0 Å². The molecule has 6 heterocycles. The highest BCUT2D eigenvalue weighted by Crippen LogP contribution is 2.04. The van der Waals surface area contributed by atoms with Crippen molar-refractivity contribution in [3.8, 4) is 0 Å². The molecule has 6 aromatic rings. The largest absolute Gasteiger partial charge is 0.365 e. The molecule has 276 valence electrons. The summed E-state index contributed by atoms with van der Waals surface area (Å²) in [4.78, 5) is 2.66. The molecule has 0 spiro atoms. The molecule has 0 aliphatic rings.